The third kappa shape index (κ3) is 20.6. The average Bonchev–Trinajstić information content (AvgIpc) is 4.16. The number of alkyl halides is 3. The highest BCUT2D eigenvalue weighted by atomic mass is 35.5. The summed E-state index contributed by atoms with van der Waals surface area (Å²) in [6.07, 6.45) is 12.1. The number of nitrogens with zero attached hydrogens (tertiary/aromatic N) is 7. The summed E-state index contributed by atoms with van der Waals surface area (Å²) in [4.78, 5) is 18.1. The molecule has 0 radical (unpaired) electrons. The van der Waals surface area contributed by atoms with E-state index in [4.69, 9.17) is 11.6 Å². The van der Waals surface area contributed by atoms with Crippen LogP contribution in [0.5, 0.6) is 0 Å². The van der Waals surface area contributed by atoms with E-state index in [-0.39, 0.29) is 16.6 Å². The van der Waals surface area contributed by atoms with Crippen molar-refractivity contribution in [2.24, 2.45) is 11.8 Å². The molecule has 1 aromatic rings. The Morgan fingerprint density at radius 2 is 1.33 bits per heavy atom. The summed E-state index contributed by atoms with van der Waals surface area (Å²) in [6.45, 7) is 28.4. The van der Waals surface area contributed by atoms with E-state index < -0.39 is 11.7 Å². The van der Waals surface area contributed by atoms with Gasteiger partial charge in [-0.3, -0.25) is 4.90 Å². The zero-order valence-corrected chi connectivity index (χ0v) is 49.2. The summed E-state index contributed by atoms with van der Waals surface area (Å²) < 4.78 is 41.0. The second kappa shape index (κ2) is 30.9. The van der Waals surface area contributed by atoms with Gasteiger partial charge in [-0.05, 0) is 170 Å². The van der Waals surface area contributed by atoms with Crippen molar-refractivity contribution in [3.05, 3.63) is 34.3 Å². The lowest BCUT2D eigenvalue weighted by atomic mass is 9.91. The lowest BCUT2D eigenvalue weighted by molar-refractivity contribution is -0.137. The maximum absolute atomic E-state index is 13.7. The fourth-order valence-electron chi connectivity index (χ4n) is 12.5. The second-order valence-corrected chi connectivity index (χ2v) is 25.1. The molecule has 0 unspecified atom stereocenters. The third-order valence-electron chi connectivity index (χ3n) is 18.7. The molecule has 2 aliphatic carbocycles. The van der Waals surface area contributed by atoms with Gasteiger partial charge in [-0.15, -0.1) is 0 Å². The minimum absolute atomic E-state index is 0.124. The molecular formula is C58H109ClF3N11. The molecule has 0 bridgehead atoms. The number of rotatable bonds is 6. The minimum atomic E-state index is -4.46. The van der Waals surface area contributed by atoms with Crippen molar-refractivity contribution in [1.29, 1.82) is 0 Å². The summed E-state index contributed by atoms with van der Waals surface area (Å²) in [7, 11) is 13.8. The van der Waals surface area contributed by atoms with Crippen LogP contribution < -0.4 is 21.3 Å². The molecule has 2 heterocycles. The van der Waals surface area contributed by atoms with Crippen LogP contribution in [-0.4, -0.2) is 222 Å². The van der Waals surface area contributed by atoms with Crippen molar-refractivity contribution in [2.75, 3.05) is 134 Å². The Kier molecular flexibility index (Phi) is 26.5. The highest BCUT2D eigenvalue weighted by Crippen LogP contribution is 2.36. The molecule has 1 aromatic carbocycles. The van der Waals surface area contributed by atoms with Gasteiger partial charge in [0.1, 0.15) is 0 Å². The molecule has 73 heavy (non-hydrogen) atoms. The standard InChI is InChI=1S/C58H109ClF3N11/c1-13-44(2)55-42-68(8)32-31-67(7)33-34-70(10)48(6)40-71(11)47(5)36-64-51(24-22-49-23-25-53(54(59)35-49)58(60,61)62)41-73-29-18-21-52(73)38-66-57(27-16-17-28-57)43-72(12)56(50-19-14-15-20-50)39-63-45(3)26-30-69(9)46(4)37-65-55/h23,25,35,44-48,50-52,55-56,63-66H,13-22,24,26-34,36-43H2,1-12H3/t44-,45+,46-,47+,48-,51-,52-,55+,56+/m0/s1. The third-order valence-corrected chi connectivity index (χ3v) is 19.0. The highest BCUT2D eigenvalue weighted by molar-refractivity contribution is 6.31. The van der Waals surface area contributed by atoms with Crippen LogP contribution in [0.1, 0.15) is 136 Å². The van der Waals surface area contributed by atoms with E-state index in [0.717, 1.165) is 122 Å². The Labute approximate surface area is 450 Å². The monoisotopic (exact) mass is 1050 g/mol. The van der Waals surface area contributed by atoms with Crippen LogP contribution in [0.15, 0.2) is 18.2 Å². The van der Waals surface area contributed by atoms with Crippen LogP contribution in [-0.2, 0) is 12.6 Å². The van der Waals surface area contributed by atoms with Crippen molar-refractivity contribution >= 4 is 11.6 Å². The molecule has 2 aliphatic heterocycles. The maximum Gasteiger partial charge on any atom is 0.417 e. The topological polar surface area (TPSA) is 70.8 Å². The minimum Gasteiger partial charge on any atom is -0.313 e. The maximum atomic E-state index is 13.7. The van der Waals surface area contributed by atoms with Crippen molar-refractivity contribution in [1.82, 2.24) is 55.6 Å². The Bertz CT molecular complexity index is 1680. The molecule has 2 saturated carbocycles. The smallest absolute Gasteiger partial charge is 0.313 e. The van der Waals surface area contributed by atoms with Gasteiger partial charge in [-0.2, -0.15) is 13.2 Å². The van der Waals surface area contributed by atoms with Crippen LogP contribution in [0, 0.1) is 11.8 Å². The van der Waals surface area contributed by atoms with Crippen LogP contribution in [0.4, 0.5) is 13.2 Å². The molecule has 15 heteroatoms. The summed E-state index contributed by atoms with van der Waals surface area (Å²) in [5.41, 5.74) is 0.215. The number of aryl methyl sites for hydroxylation is 1. The Morgan fingerprint density at radius 1 is 0.671 bits per heavy atom. The normalized spacial score (nSPS) is 32.2. The number of benzene rings is 1. The molecule has 5 rings (SSSR count). The summed E-state index contributed by atoms with van der Waals surface area (Å²) >= 11 is 6.24. The molecule has 4 aliphatic rings. The zero-order valence-electron chi connectivity index (χ0n) is 48.4. The predicted molar refractivity (Wildman–Crippen MR) is 303 cm³/mol. The van der Waals surface area contributed by atoms with E-state index in [2.05, 4.69) is 139 Å². The number of halogens is 4. The first-order valence-corrected chi connectivity index (χ1v) is 29.8. The van der Waals surface area contributed by atoms with E-state index in [1.165, 1.54) is 76.7 Å². The number of fused-ring (bicyclic) bond motifs is 1. The first-order chi connectivity index (χ1) is 34.7. The van der Waals surface area contributed by atoms with Gasteiger partial charge in [0.25, 0.3) is 0 Å². The summed E-state index contributed by atoms with van der Waals surface area (Å²) in [6, 6.07) is 7.55. The van der Waals surface area contributed by atoms with Gasteiger partial charge < -0.3 is 50.7 Å². The largest absolute Gasteiger partial charge is 0.417 e. The SMILES string of the molecule is CC[C@H](C)[C@H]1CN(C)CCN(C)CCN(C)[C@@H](C)CN(C)[C@H](C)CN[C@@H](CCc2ccc(C(F)(F)F)c(Cl)c2)CN2CCC[C@H]2CNC2(CCCC2)CN(C)[C@@H](C2CCCC2)CN[C@H](C)CCN(C)[C@@H](C)CN1. The van der Waals surface area contributed by atoms with Crippen molar-refractivity contribution in [3.63, 3.8) is 0 Å². The lowest BCUT2D eigenvalue weighted by Gasteiger charge is -2.42. The molecular weight excluding hydrogens is 943 g/mol. The van der Waals surface area contributed by atoms with E-state index in [1.54, 1.807) is 6.07 Å². The first-order valence-electron chi connectivity index (χ1n) is 29.4. The predicted octanol–water partition coefficient (Wildman–Crippen LogP) is 8.32. The fourth-order valence-corrected chi connectivity index (χ4v) is 12.8. The quantitative estimate of drug-likeness (QED) is 0.223. The van der Waals surface area contributed by atoms with Crippen LogP contribution in [0.3, 0.4) is 0 Å². The van der Waals surface area contributed by atoms with Crippen molar-refractivity contribution in [2.45, 2.75) is 191 Å². The van der Waals surface area contributed by atoms with Gasteiger partial charge in [0.05, 0.1) is 10.6 Å². The second-order valence-electron chi connectivity index (χ2n) is 24.7. The Hall–Kier alpha value is -1.14. The molecule has 9 atom stereocenters. The van der Waals surface area contributed by atoms with Gasteiger partial charge in [-0.25, -0.2) is 0 Å². The van der Waals surface area contributed by atoms with Gasteiger partial charge in [0.2, 0.25) is 0 Å². The lowest BCUT2D eigenvalue weighted by Crippen LogP contribution is -2.58. The number of hydrogen-bond donors (Lipinski definition) is 4. The van der Waals surface area contributed by atoms with Gasteiger partial charge in [0, 0.05) is 132 Å². The number of likely N-dealkylation sites (N-methyl/N-ethyl adjacent to an activating group) is 6. The molecule has 0 aromatic heterocycles. The van der Waals surface area contributed by atoms with E-state index in [1.807, 2.05) is 0 Å². The molecule has 4 fully saturated rings. The van der Waals surface area contributed by atoms with Crippen LogP contribution in [0.25, 0.3) is 0 Å². The molecule has 11 nitrogen and oxygen atoms in total. The van der Waals surface area contributed by atoms with E-state index in [0.29, 0.717) is 54.6 Å². The van der Waals surface area contributed by atoms with Gasteiger partial charge in [0.15, 0.2) is 0 Å². The molecule has 1 spiro atoms. The first kappa shape index (κ1) is 62.7. The van der Waals surface area contributed by atoms with E-state index >= 15 is 0 Å². The van der Waals surface area contributed by atoms with Crippen molar-refractivity contribution in [3.8, 4) is 0 Å². The van der Waals surface area contributed by atoms with Gasteiger partial charge in [-0.1, -0.05) is 63.6 Å². The summed E-state index contributed by atoms with van der Waals surface area (Å²) in [5.74, 6) is 1.35. The summed E-state index contributed by atoms with van der Waals surface area (Å²) in [5, 5.41) is 16.2. The van der Waals surface area contributed by atoms with E-state index in [9.17, 15) is 13.2 Å². The molecule has 4 N–H and O–H groups in total. The Morgan fingerprint density at radius 3 is 2.01 bits per heavy atom. The highest BCUT2D eigenvalue weighted by Gasteiger charge is 2.40. The molecule has 2 saturated heterocycles. The zero-order chi connectivity index (χ0) is 53.3. The Balaban J connectivity index is 1.31. The molecule has 424 valence electrons. The number of nitrogens with one attached hydrogen (secondary N) is 4. The van der Waals surface area contributed by atoms with Gasteiger partial charge >= 0.3 is 6.18 Å². The molecule has 0 amide bonds. The average molecular weight is 1050 g/mol. The fraction of sp³-hybridized carbons (Fsp3) is 0.897. The van der Waals surface area contributed by atoms with Crippen molar-refractivity contribution < 1.29 is 13.2 Å². The van der Waals surface area contributed by atoms with Crippen LogP contribution >= 0.6 is 11.6 Å². The number of hydrogen-bond acceptors (Lipinski definition) is 11. The van der Waals surface area contributed by atoms with Crippen LogP contribution in [0.2, 0.25) is 5.02 Å².